The second-order valence-electron chi connectivity index (χ2n) is 6.22. The highest BCUT2D eigenvalue weighted by atomic mass is 32.2. The highest BCUT2D eigenvalue weighted by Crippen LogP contribution is 2.20. The van der Waals surface area contributed by atoms with E-state index in [9.17, 15) is 13.2 Å². The van der Waals surface area contributed by atoms with E-state index in [-0.39, 0.29) is 10.8 Å². The van der Waals surface area contributed by atoms with E-state index in [1.165, 1.54) is 19.2 Å². The number of sulfonamides is 1. The second kappa shape index (κ2) is 7.18. The van der Waals surface area contributed by atoms with Gasteiger partial charge in [-0.1, -0.05) is 6.07 Å². The molecule has 0 saturated carbocycles. The van der Waals surface area contributed by atoms with Gasteiger partial charge in [-0.25, -0.2) is 13.1 Å². The number of hydrogen-bond donors (Lipinski definition) is 2. The van der Waals surface area contributed by atoms with E-state index in [1.54, 1.807) is 12.1 Å². The minimum Gasteiger partial charge on any atom is -0.337 e. The zero-order valence-corrected chi connectivity index (χ0v) is 14.7. The van der Waals surface area contributed by atoms with Crippen LogP contribution in [-0.4, -0.2) is 76.5 Å². The maximum atomic E-state index is 12.7. The third kappa shape index (κ3) is 3.61. The lowest BCUT2D eigenvalue weighted by Gasteiger charge is -2.32. The molecule has 132 valence electrons. The molecule has 1 aromatic carbocycles. The molecule has 0 aromatic heterocycles. The number of piperazine rings is 1. The van der Waals surface area contributed by atoms with Crippen LogP contribution in [0, 0.1) is 0 Å². The lowest BCUT2D eigenvalue weighted by molar-refractivity contribution is 0.0773. The van der Waals surface area contributed by atoms with Gasteiger partial charge in [0.25, 0.3) is 5.91 Å². The number of hydrogen-bond acceptors (Lipinski definition) is 5. The van der Waals surface area contributed by atoms with Crippen LogP contribution in [0.4, 0.5) is 0 Å². The quantitative estimate of drug-likeness (QED) is 0.779. The van der Waals surface area contributed by atoms with Crippen molar-refractivity contribution in [3.8, 4) is 0 Å². The van der Waals surface area contributed by atoms with Crippen LogP contribution in [0.2, 0.25) is 0 Å². The van der Waals surface area contributed by atoms with E-state index in [0.29, 0.717) is 18.2 Å². The molecule has 0 radical (unpaired) electrons. The van der Waals surface area contributed by atoms with E-state index in [2.05, 4.69) is 14.9 Å². The van der Waals surface area contributed by atoms with E-state index in [0.717, 1.165) is 39.1 Å². The van der Waals surface area contributed by atoms with Crippen molar-refractivity contribution in [3.63, 3.8) is 0 Å². The molecular formula is C16H24N4O3S. The van der Waals surface area contributed by atoms with Gasteiger partial charge in [-0.15, -0.1) is 0 Å². The summed E-state index contributed by atoms with van der Waals surface area (Å²) in [6.07, 6.45) is 0.972. The van der Waals surface area contributed by atoms with Crippen LogP contribution in [0.25, 0.3) is 0 Å². The summed E-state index contributed by atoms with van der Waals surface area (Å²) >= 11 is 0. The number of carbonyl (C=O) groups is 1. The molecule has 7 nitrogen and oxygen atoms in total. The average Bonchev–Trinajstić information content (AvgIpc) is 3.12. The minimum atomic E-state index is -3.54. The van der Waals surface area contributed by atoms with Crippen molar-refractivity contribution in [1.29, 1.82) is 0 Å². The highest BCUT2D eigenvalue weighted by molar-refractivity contribution is 7.89. The number of rotatable bonds is 4. The summed E-state index contributed by atoms with van der Waals surface area (Å²) < 4.78 is 26.1. The van der Waals surface area contributed by atoms with Crippen LogP contribution in [0.15, 0.2) is 29.2 Å². The van der Waals surface area contributed by atoms with Crippen LogP contribution in [0.1, 0.15) is 16.8 Å². The lowest BCUT2D eigenvalue weighted by atomic mass is 10.2. The fraction of sp³-hybridized carbons (Fsp3) is 0.562. The maximum Gasteiger partial charge on any atom is 0.253 e. The number of likely N-dealkylation sites (tertiary alicyclic amines) is 1. The topological polar surface area (TPSA) is 81.8 Å². The Morgan fingerprint density at radius 1 is 1.25 bits per heavy atom. The van der Waals surface area contributed by atoms with Gasteiger partial charge in [0.1, 0.15) is 0 Å². The van der Waals surface area contributed by atoms with Crippen molar-refractivity contribution in [2.45, 2.75) is 17.4 Å². The molecule has 2 N–H and O–H groups in total. The standard InChI is InChI=1S/C16H24N4O3S/c1-17-24(22,23)15-4-2-3-13(11-15)16(21)20-8-5-14(12-20)19-9-6-18-7-10-19/h2-4,11,14,17-18H,5-10,12H2,1H3. The minimum absolute atomic E-state index is 0.0965. The first-order chi connectivity index (χ1) is 11.5. The predicted octanol–water partition coefficient (Wildman–Crippen LogP) is -0.286. The molecule has 0 aliphatic carbocycles. The Morgan fingerprint density at radius 2 is 2.00 bits per heavy atom. The molecule has 24 heavy (non-hydrogen) atoms. The fourth-order valence-corrected chi connectivity index (χ4v) is 4.14. The first kappa shape index (κ1) is 17.3. The summed E-state index contributed by atoms with van der Waals surface area (Å²) in [5.74, 6) is -0.0965. The normalized spacial score (nSPS) is 22.7. The Balaban J connectivity index is 1.70. The monoisotopic (exact) mass is 352 g/mol. The molecule has 1 atom stereocenters. The smallest absolute Gasteiger partial charge is 0.253 e. The Bertz CT molecular complexity index is 701. The van der Waals surface area contributed by atoms with Crippen molar-refractivity contribution in [2.24, 2.45) is 0 Å². The van der Waals surface area contributed by atoms with Gasteiger partial charge >= 0.3 is 0 Å². The second-order valence-corrected chi connectivity index (χ2v) is 8.10. The summed E-state index contributed by atoms with van der Waals surface area (Å²) in [5.41, 5.74) is 0.423. The molecule has 2 aliphatic rings. The number of carbonyl (C=O) groups excluding carboxylic acids is 1. The number of amides is 1. The molecule has 0 bridgehead atoms. The Kier molecular flexibility index (Phi) is 5.19. The van der Waals surface area contributed by atoms with Crippen LogP contribution < -0.4 is 10.0 Å². The Labute approximate surface area is 143 Å². The van der Waals surface area contributed by atoms with Crippen molar-refractivity contribution < 1.29 is 13.2 Å². The SMILES string of the molecule is CNS(=O)(=O)c1cccc(C(=O)N2CCC(N3CCNCC3)C2)c1. The molecule has 0 spiro atoms. The summed E-state index contributed by atoms with van der Waals surface area (Å²) in [6.45, 7) is 5.45. The maximum absolute atomic E-state index is 12.7. The van der Waals surface area contributed by atoms with Gasteiger partial charge in [0.05, 0.1) is 4.90 Å². The van der Waals surface area contributed by atoms with Crippen molar-refractivity contribution >= 4 is 15.9 Å². The Morgan fingerprint density at radius 3 is 2.71 bits per heavy atom. The van der Waals surface area contributed by atoms with Gasteiger partial charge < -0.3 is 10.2 Å². The van der Waals surface area contributed by atoms with E-state index in [4.69, 9.17) is 0 Å². The van der Waals surface area contributed by atoms with Crippen molar-refractivity contribution in [2.75, 3.05) is 46.3 Å². The third-order valence-corrected chi connectivity index (χ3v) is 6.19. The molecule has 2 fully saturated rings. The van der Waals surface area contributed by atoms with Gasteiger partial charge in [0.15, 0.2) is 0 Å². The zero-order valence-electron chi connectivity index (χ0n) is 13.9. The fourth-order valence-electron chi connectivity index (χ4n) is 3.37. The Hall–Kier alpha value is -1.48. The van der Waals surface area contributed by atoms with Crippen LogP contribution in [0.3, 0.4) is 0 Å². The first-order valence-corrected chi connectivity index (χ1v) is 9.77. The molecule has 1 aromatic rings. The van der Waals surface area contributed by atoms with Crippen LogP contribution in [0.5, 0.6) is 0 Å². The van der Waals surface area contributed by atoms with Crippen molar-refractivity contribution in [3.05, 3.63) is 29.8 Å². The molecule has 1 amide bonds. The van der Waals surface area contributed by atoms with Gasteiger partial charge in [0, 0.05) is 50.9 Å². The molecule has 3 rings (SSSR count). The van der Waals surface area contributed by atoms with E-state index in [1.807, 2.05) is 4.90 Å². The molecule has 2 heterocycles. The van der Waals surface area contributed by atoms with Crippen LogP contribution in [-0.2, 0) is 10.0 Å². The summed E-state index contributed by atoms with van der Waals surface area (Å²) in [7, 11) is -2.18. The number of nitrogens with zero attached hydrogens (tertiary/aromatic N) is 2. The van der Waals surface area contributed by atoms with Gasteiger partial charge in [-0.05, 0) is 31.7 Å². The van der Waals surface area contributed by atoms with Gasteiger partial charge in [-0.3, -0.25) is 9.69 Å². The largest absolute Gasteiger partial charge is 0.337 e. The summed E-state index contributed by atoms with van der Waals surface area (Å²) in [5, 5.41) is 3.34. The van der Waals surface area contributed by atoms with Crippen molar-refractivity contribution in [1.82, 2.24) is 19.8 Å². The molecule has 1 unspecified atom stereocenters. The third-order valence-electron chi connectivity index (χ3n) is 4.78. The number of benzene rings is 1. The van der Waals surface area contributed by atoms with Gasteiger partial charge in [-0.2, -0.15) is 0 Å². The molecular weight excluding hydrogens is 328 g/mol. The molecule has 2 aliphatic heterocycles. The van der Waals surface area contributed by atoms with Crippen LogP contribution >= 0.6 is 0 Å². The lowest BCUT2D eigenvalue weighted by Crippen LogP contribution is -2.49. The molecule has 8 heteroatoms. The molecule has 2 saturated heterocycles. The highest BCUT2D eigenvalue weighted by Gasteiger charge is 2.31. The number of nitrogens with one attached hydrogen (secondary N) is 2. The summed E-state index contributed by atoms with van der Waals surface area (Å²) in [4.78, 5) is 17.1. The first-order valence-electron chi connectivity index (χ1n) is 8.29. The predicted molar refractivity (Wildman–Crippen MR) is 91.4 cm³/mol. The zero-order chi connectivity index (χ0) is 17.2. The summed E-state index contributed by atoms with van der Waals surface area (Å²) in [6, 6.07) is 6.64. The van der Waals surface area contributed by atoms with E-state index < -0.39 is 10.0 Å². The van der Waals surface area contributed by atoms with E-state index >= 15 is 0 Å². The van der Waals surface area contributed by atoms with Gasteiger partial charge in [0.2, 0.25) is 10.0 Å². The average molecular weight is 352 g/mol.